The molecule has 0 aliphatic heterocycles. The summed E-state index contributed by atoms with van der Waals surface area (Å²) in [6.45, 7) is 8.09. The number of nitrogens with one attached hydrogen (secondary N) is 2. The number of hydrogen-bond acceptors (Lipinski definition) is 4. The van der Waals surface area contributed by atoms with Crippen molar-refractivity contribution in [1.29, 1.82) is 0 Å². The van der Waals surface area contributed by atoms with Gasteiger partial charge in [0.25, 0.3) is 0 Å². The van der Waals surface area contributed by atoms with Gasteiger partial charge in [-0.05, 0) is 65.9 Å². The number of hydrogen-bond donors (Lipinski definition) is 3. The van der Waals surface area contributed by atoms with Gasteiger partial charge in [-0.3, -0.25) is 0 Å². The zero-order valence-corrected chi connectivity index (χ0v) is 19.0. The summed E-state index contributed by atoms with van der Waals surface area (Å²) in [5.41, 5.74) is 4.20. The van der Waals surface area contributed by atoms with Crippen molar-refractivity contribution in [3.63, 3.8) is 0 Å². The molecule has 0 bridgehead atoms. The van der Waals surface area contributed by atoms with E-state index in [4.69, 9.17) is 11.6 Å². The van der Waals surface area contributed by atoms with Crippen molar-refractivity contribution >= 4 is 40.0 Å². The van der Waals surface area contributed by atoms with Crippen molar-refractivity contribution in [2.24, 2.45) is 0 Å². The molecule has 8 heteroatoms. The highest BCUT2D eigenvalue weighted by atomic mass is 35.5. The number of fused-ring (bicyclic) bond motifs is 1. The van der Waals surface area contributed by atoms with Crippen LogP contribution in [0.15, 0.2) is 54.6 Å². The Morgan fingerprint density at radius 1 is 1.00 bits per heavy atom. The number of aryl methyl sites for hydroxylation is 1. The number of carbonyl (C=O) groups excluding carboxylic acids is 1. The van der Waals surface area contributed by atoms with E-state index in [1.807, 2.05) is 52.0 Å². The first-order valence-electron chi connectivity index (χ1n) is 10.2. The largest absolute Gasteiger partial charge is 0.504 e. The van der Waals surface area contributed by atoms with Crippen molar-refractivity contribution in [2.75, 3.05) is 10.6 Å². The van der Waals surface area contributed by atoms with Crippen LogP contribution in [0.25, 0.3) is 16.7 Å². The van der Waals surface area contributed by atoms with Crippen molar-refractivity contribution in [1.82, 2.24) is 15.0 Å². The Hall–Kier alpha value is -3.58. The Bertz CT molecular complexity index is 1320. The Labute approximate surface area is 191 Å². The first-order chi connectivity index (χ1) is 15.1. The second-order valence-corrected chi connectivity index (χ2v) is 9.15. The molecule has 0 aliphatic carbocycles. The van der Waals surface area contributed by atoms with Crippen molar-refractivity contribution in [3.05, 3.63) is 70.7 Å². The Morgan fingerprint density at radius 2 is 1.75 bits per heavy atom. The van der Waals surface area contributed by atoms with Crippen LogP contribution in [0.4, 0.5) is 16.2 Å². The van der Waals surface area contributed by atoms with E-state index in [0.717, 1.165) is 11.1 Å². The van der Waals surface area contributed by atoms with Crippen LogP contribution in [0.3, 0.4) is 0 Å². The fraction of sp³-hybridized carbons (Fsp3) is 0.208. The van der Waals surface area contributed by atoms with Crippen LogP contribution < -0.4 is 10.6 Å². The SMILES string of the molecule is Cc1cccc(NC(=O)Nc2cc(C(C)(C)C)cc(-n3nc4ccc(Cl)cc4n3)c2O)c1. The van der Waals surface area contributed by atoms with Gasteiger partial charge in [0.1, 0.15) is 16.7 Å². The van der Waals surface area contributed by atoms with Crippen LogP contribution in [0.1, 0.15) is 31.9 Å². The van der Waals surface area contributed by atoms with Crippen molar-refractivity contribution < 1.29 is 9.90 Å². The molecule has 164 valence electrons. The number of benzene rings is 3. The summed E-state index contributed by atoms with van der Waals surface area (Å²) < 4.78 is 0. The molecule has 3 aromatic carbocycles. The highest BCUT2D eigenvalue weighted by molar-refractivity contribution is 6.31. The molecule has 1 aromatic heterocycles. The summed E-state index contributed by atoms with van der Waals surface area (Å²) in [5, 5.41) is 26.0. The normalized spacial score (nSPS) is 11.5. The number of phenolic OH excluding ortho intramolecular Hbond substituents is 1. The molecule has 4 aromatic rings. The number of phenols is 1. The molecule has 32 heavy (non-hydrogen) atoms. The minimum absolute atomic E-state index is 0.135. The molecule has 1 heterocycles. The van der Waals surface area contributed by atoms with Crippen LogP contribution in [0, 0.1) is 6.92 Å². The zero-order chi connectivity index (χ0) is 23.0. The second-order valence-electron chi connectivity index (χ2n) is 8.71. The van der Waals surface area contributed by atoms with Gasteiger partial charge in [-0.1, -0.05) is 44.5 Å². The fourth-order valence-corrected chi connectivity index (χ4v) is 3.47. The van der Waals surface area contributed by atoms with Gasteiger partial charge in [-0.25, -0.2) is 4.79 Å². The molecule has 0 saturated heterocycles. The molecule has 0 spiro atoms. The van der Waals surface area contributed by atoms with Gasteiger partial charge < -0.3 is 15.7 Å². The van der Waals surface area contributed by atoms with E-state index >= 15 is 0 Å². The lowest BCUT2D eigenvalue weighted by atomic mass is 9.86. The highest BCUT2D eigenvalue weighted by Crippen LogP contribution is 2.36. The van der Waals surface area contributed by atoms with E-state index < -0.39 is 6.03 Å². The highest BCUT2D eigenvalue weighted by Gasteiger charge is 2.22. The third-order valence-electron chi connectivity index (χ3n) is 5.04. The number of rotatable bonds is 3. The molecule has 0 radical (unpaired) electrons. The number of amides is 2. The van der Waals surface area contributed by atoms with Crippen LogP contribution in [0.5, 0.6) is 5.75 Å². The lowest BCUT2D eigenvalue weighted by Gasteiger charge is -2.22. The summed E-state index contributed by atoms with van der Waals surface area (Å²) in [7, 11) is 0. The smallest absolute Gasteiger partial charge is 0.323 e. The first kappa shape index (κ1) is 21.6. The van der Waals surface area contributed by atoms with E-state index in [2.05, 4.69) is 20.8 Å². The lowest BCUT2D eigenvalue weighted by Crippen LogP contribution is -2.21. The Kier molecular flexibility index (Phi) is 5.52. The number of carbonyl (C=O) groups is 1. The van der Waals surface area contributed by atoms with Gasteiger partial charge in [0.05, 0.1) is 5.69 Å². The third-order valence-corrected chi connectivity index (χ3v) is 5.27. The molecule has 0 fully saturated rings. The summed E-state index contributed by atoms with van der Waals surface area (Å²) >= 11 is 6.07. The first-order valence-corrected chi connectivity index (χ1v) is 10.5. The molecule has 0 unspecified atom stereocenters. The van der Waals surface area contributed by atoms with Crippen molar-refractivity contribution in [2.45, 2.75) is 33.1 Å². The van der Waals surface area contributed by atoms with Gasteiger partial charge in [-0.2, -0.15) is 0 Å². The van der Waals surface area contributed by atoms with Gasteiger partial charge in [-0.15, -0.1) is 15.0 Å². The Balaban J connectivity index is 1.74. The minimum Gasteiger partial charge on any atom is -0.504 e. The second kappa shape index (κ2) is 8.16. The summed E-state index contributed by atoms with van der Waals surface area (Å²) in [6.07, 6.45) is 0. The number of nitrogens with zero attached hydrogens (tertiary/aromatic N) is 3. The van der Waals surface area contributed by atoms with E-state index in [9.17, 15) is 9.90 Å². The van der Waals surface area contributed by atoms with Crippen LogP contribution >= 0.6 is 11.6 Å². The predicted molar refractivity (Wildman–Crippen MR) is 128 cm³/mol. The summed E-state index contributed by atoms with van der Waals surface area (Å²) in [6, 6.07) is 15.8. The minimum atomic E-state index is -0.465. The average molecular weight is 450 g/mol. The van der Waals surface area contributed by atoms with Gasteiger partial charge in [0, 0.05) is 10.7 Å². The van der Waals surface area contributed by atoms with Crippen LogP contribution in [-0.4, -0.2) is 26.1 Å². The number of anilines is 2. The van der Waals surface area contributed by atoms with Gasteiger partial charge in [0.15, 0.2) is 5.75 Å². The maximum atomic E-state index is 12.6. The molecule has 2 amide bonds. The monoisotopic (exact) mass is 449 g/mol. The van der Waals surface area contributed by atoms with E-state index in [0.29, 0.717) is 27.4 Å². The molecule has 7 nitrogen and oxygen atoms in total. The van der Waals surface area contributed by atoms with Gasteiger partial charge >= 0.3 is 6.03 Å². The lowest BCUT2D eigenvalue weighted by molar-refractivity contribution is 0.262. The molecule has 4 rings (SSSR count). The maximum Gasteiger partial charge on any atom is 0.323 e. The van der Waals surface area contributed by atoms with E-state index in [1.54, 1.807) is 30.3 Å². The van der Waals surface area contributed by atoms with Gasteiger partial charge in [0.2, 0.25) is 0 Å². The number of urea groups is 1. The summed E-state index contributed by atoms with van der Waals surface area (Å²) in [4.78, 5) is 14.0. The maximum absolute atomic E-state index is 12.6. The topological polar surface area (TPSA) is 92.1 Å². The number of aromatic nitrogens is 3. The average Bonchev–Trinajstić information content (AvgIpc) is 3.11. The molecule has 3 N–H and O–H groups in total. The molecule has 0 aliphatic rings. The standard InChI is InChI=1S/C24H24ClN5O2/c1-14-6-5-7-17(10-14)26-23(32)27-20-11-15(24(2,3)4)12-21(22(20)31)30-28-18-9-8-16(25)13-19(18)29-30/h5-13,31H,1-4H3,(H2,26,27,32). The Morgan fingerprint density at radius 3 is 2.47 bits per heavy atom. The number of aromatic hydroxyl groups is 1. The quantitative estimate of drug-likeness (QED) is 0.333. The van der Waals surface area contributed by atoms with E-state index in [1.165, 1.54) is 4.80 Å². The zero-order valence-electron chi connectivity index (χ0n) is 18.3. The molecule has 0 saturated carbocycles. The third kappa shape index (κ3) is 4.53. The van der Waals surface area contributed by atoms with Crippen LogP contribution in [0.2, 0.25) is 5.02 Å². The summed E-state index contributed by atoms with van der Waals surface area (Å²) in [5.74, 6) is -0.135. The molecular formula is C24H24ClN5O2. The molecular weight excluding hydrogens is 426 g/mol. The van der Waals surface area contributed by atoms with E-state index in [-0.39, 0.29) is 16.9 Å². The fourth-order valence-electron chi connectivity index (χ4n) is 3.30. The molecule has 0 atom stereocenters. The predicted octanol–water partition coefficient (Wildman–Crippen LogP) is 6.03. The van der Waals surface area contributed by atoms with Crippen LogP contribution in [-0.2, 0) is 5.41 Å². The van der Waals surface area contributed by atoms with Crippen molar-refractivity contribution in [3.8, 4) is 11.4 Å². The number of halogens is 1.